The lowest BCUT2D eigenvalue weighted by Crippen LogP contribution is -2.35. The number of fused-ring (bicyclic) bond motifs is 2. The molecular weight excluding hydrogens is 300 g/mol. The summed E-state index contributed by atoms with van der Waals surface area (Å²) >= 11 is 0. The Bertz CT molecular complexity index is 702. The maximum absolute atomic E-state index is 5.64. The largest absolute Gasteiger partial charge is 0.486 e. The van der Waals surface area contributed by atoms with Crippen LogP contribution in [0.1, 0.15) is 16.7 Å². The molecular formula is C20H24N2O2. The van der Waals surface area contributed by atoms with Crippen molar-refractivity contribution >= 4 is 0 Å². The van der Waals surface area contributed by atoms with E-state index in [9.17, 15) is 0 Å². The molecule has 24 heavy (non-hydrogen) atoms. The average molecular weight is 324 g/mol. The van der Waals surface area contributed by atoms with Gasteiger partial charge in [0.1, 0.15) is 13.2 Å². The highest BCUT2D eigenvalue weighted by Crippen LogP contribution is 2.30. The van der Waals surface area contributed by atoms with Crippen molar-refractivity contribution in [1.82, 2.24) is 10.2 Å². The van der Waals surface area contributed by atoms with Crippen LogP contribution in [-0.2, 0) is 19.5 Å². The third-order valence-corrected chi connectivity index (χ3v) is 4.75. The average Bonchev–Trinajstić information content (AvgIpc) is 2.65. The molecule has 0 saturated heterocycles. The number of rotatable bonds is 5. The van der Waals surface area contributed by atoms with Crippen molar-refractivity contribution in [2.45, 2.75) is 19.5 Å². The summed E-state index contributed by atoms with van der Waals surface area (Å²) in [5.41, 5.74) is 4.23. The van der Waals surface area contributed by atoms with Gasteiger partial charge < -0.3 is 14.8 Å². The summed E-state index contributed by atoms with van der Waals surface area (Å²) in [5, 5.41) is 3.54. The molecule has 0 aromatic heterocycles. The molecule has 4 rings (SSSR count). The van der Waals surface area contributed by atoms with Gasteiger partial charge in [-0.25, -0.2) is 0 Å². The van der Waals surface area contributed by atoms with Crippen LogP contribution in [0, 0.1) is 0 Å². The molecule has 4 heteroatoms. The van der Waals surface area contributed by atoms with Crippen molar-refractivity contribution in [2.24, 2.45) is 0 Å². The Morgan fingerprint density at radius 1 is 0.958 bits per heavy atom. The van der Waals surface area contributed by atoms with E-state index < -0.39 is 0 Å². The molecule has 0 fully saturated rings. The standard InChI is InChI=1S/C20H24N2O2/c1-2-4-18-15-22(9-7-17(18)3-1)10-8-21-14-16-5-6-19-20(13-16)24-12-11-23-19/h1-6,13,21H,7-12,14-15H2. The molecule has 0 radical (unpaired) electrons. The number of nitrogens with zero attached hydrogens (tertiary/aromatic N) is 1. The lowest BCUT2D eigenvalue weighted by Gasteiger charge is -2.28. The third kappa shape index (κ3) is 3.55. The van der Waals surface area contributed by atoms with Crippen molar-refractivity contribution in [3.63, 3.8) is 0 Å². The molecule has 0 saturated carbocycles. The highest BCUT2D eigenvalue weighted by atomic mass is 16.6. The molecule has 2 aliphatic heterocycles. The van der Waals surface area contributed by atoms with E-state index in [1.807, 2.05) is 6.07 Å². The molecule has 0 atom stereocenters. The van der Waals surface area contributed by atoms with Gasteiger partial charge in [0.25, 0.3) is 0 Å². The molecule has 1 N–H and O–H groups in total. The van der Waals surface area contributed by atoms with Crippen LogP contribution in [-0.4, -0.2) is 37.7 Å². The van der Waals surface area contributed by atoms with Crippen LogP contribution < -0.4 is 14.8 Å². The van der Waals surface area contributed by atoms with Crippen LogP contribution in [0.5, 0.6) is 11.5 Å². The second kappa shape index (κ2) is 7.24. The highest BCUT2D eigenvalue weighted by Gasteiger charge is 2.15. The van der Waals surface area contributed by atoms with E-state index in [1.54, 1.807) is 0 Å². The smallest absolute Gasteiger partial charge is 0.161 e. The van der Waals surface area contributed by atoms with Gasteiger partial charge in [-0.2, -0.15) is 0 Å². The monoisotopic (exact) mass is 324 g/mol. The maximum atomic E-state index is 5.64. The Hall–Kier alpha value is -2.04. The number of ether oxygens (including phenoxy) is 2. The van der Waals surface area contributed by atoms with E-state index in [1.165, 1.54) is 23.1 Å². The van der Waals surface area contributed by atoms with Crippen molar-refractivity contribution in [3.05, 3.63) is 59.2 Å². The summed E-state index contributed by atoms with van der Waals surface area (Å²) in [7, 11) is 0. The molecule has 0 aliphatic carbocycles. The van der Waals surface area contributed by atoms with Gasteiger partial charge in [-0.15, -0.1) is 0 Å². The second-order valence-electron chi connectivity index (χ2n) is 6.45. The first-order chi connectivity index (χ1) is 11.9. The summed E-state index contributed by atoms with van der Waals surface area (Å²) in [5.74, 6) is 1.73. The van der Waals surface area contributed by atoms with Crippen LogP contribution in [0.2, 0.25) is 0 Å². The topological polar surface area (TPSA) is 33.7 Å². The highest BCUT2D eigenvalue weighted by molar-refractivity contribution is 5.43. The summed E-state index contributed by atoms with van der Waals surface area (Å²) in [6, 6.07) is 15.0. The predicted molar refractivity (Wildman–Crippen MR) is 94.6 cm³/mol. The molecule has 2 aromatic carbocycles. The van der Waals surface area contributed by atoms with Crippen molar-refractivity contribution in [1.29, 1.82) is 0 Å². The van der Waals surface area contributed by atoms with Crippen LogP contribution in [0.4, 0.5) is 0 Å². The fourth-order valence-electron chi connectivity index (χ4n) is 3.41. The Morgan fingerprint density at radius 2 is 1.79 bits per heavy atom. The molecule has 0 spiro atoms. The Labute approximate surface area is 143 Å². The summed E-state index contributed by atoms with van der Waals surface area (Å²) < 4.78 is 11.2. The van der Waals surface area contributed by atoms with Gasteiger partial charge in [-0.05, 0) is 35.2 Å². The Morgan fingerprint density at radius 3 is 2.71 bits per heavy atom. The second-order valence-corrected chi connectivity index (χ2v) is 6.45. The molecule has 2 aliphatic rings. The van der Waals surface area contributed by atoms with Crippen molar-refractivity contribution < 1.29 is 9.47 Å². The number of nitrogens with one attached hydrogen (secondary N) is 1. The van der Waals surface area contributed by atoms with Crippen LogP contribution >= 0.6 is 0 Å². The number of hydrogen-bond donors (Lipinski definition) is 1. The van der Waals surface area contributed by atoms with Gasteiger partial charge >= 0.3 is 0 Å². The summed E-state index contributed by atoms with van der Waals surface area (Å²) in [6.07, 6.45) is 1.17. The molecule has 2 aromatic rings. The van der Waals surface area contributed by atoms with Gasteiger partial charge in [-0.3, -0.25) is 4.90 Å². The molecule has 0 unspecified atom stereocenters. The first-order valence-electron chi connectivity index (χ1n) is 8.77. The minimum absolute atomic E-state index is 0.639. The van der Waals surface area contributed by atoms with Crippen LogP contribution in [0.25, 0.3) is 0 Å². The van der Waals surface area contributed by atoms with E-state index in [4.69, 9.17) is 9.47 Å². The van der Waals surface area contributed by atoms with Gasteiger partial charge in [0, 0.05) is 32.7 Å². The van der Waals surface area contributed by atoms with Crippen molar-refractivity contribution in [2.75, 3.05) is 32.8 Å². The third-order valence-electron chi connectivity index (χ3n) is 4.75. The van der Waals surface area contributed by atoms with Crippen LogP contribution in [0.3, 0.4) is 0 Å². The van der Waals surface area contributed by atoms with E-state index >= 15 is 0 Å². The first kappa shape index (κ1) is 15.5. The molecule has 2 heterocycles. The first-order valence-corrected chi connectivity index (χ1v) is 8.77. The molecule has 4 nitrogen and oxygen atoms in total. The number of benzene rings is 2. The zero-order chi connectivity index (χ0) is 16.2. The van der Waals surface area contributed by atoms with E-state index in [0.717, 1.165) is 44.2 Å². The SMILES string of the molecule is c1ccc2c(c1)CCN(CCNCc1ccc3c(c1)OCCO3)C2. The summed E-state index contributed by atoms with van der Waals surface area (Å²) in [4.78, 5) is 2.53. The van der Waals surface area contributed by atoms with Gasteiger partial charge in [0.05, 0.1) is 0 Å². The van der Waals surface area contributed by atoms with Crippen LogP contribution in [0.15, 0.2) is 42.5 Å². The lowest BCUT2D eigenvalue weighted by molar-refractivity contribution is 0.171. The predicted octanol–water partition coefficient (Wildman–Crippen LogP) is 2.61. The Kier molecular flexibility index (Phi) is 4.67. The van der Waals surface area contributed by atoms with Gasteiger partial charge in [0.2, 0.25) is 0 Å². The number of hydrogen-bond acceptors (Lipinski definition) is 4. The molecule has 0 bridgehead atoms. The fraction of sp³-hybridized carbons (Fsp3) is 0.400. The van der Waals surface area contributed by atoms with E-state index in [0.29, 0.717) is 13.2 Å². The summed E-state index contributed by atoms with van der Waals surface area (Å²) in [6.45, 7) is 6.45. The minimum atomic E-state index is 0.639. The zero-order valence-electron chi connectivity index (χ0n) is 14.0. The lowest BCUT2D eigenvalue weighted by atomic mass is 10.00. The fourth-order valence-corrected chi connectivity index (χ4v) is 3.41. The Balaban J connectivity index is 1.24. The van der Waals surface area contributed by atoms with Gasteiger partial charge in [-0.1, -0.05) is 30.3 Å². The molecule has 0 amide bonds. The van der Waals surface area contributed by atoms with Crippen molar-refractivity contribution in [3.8, 4) is 11.5 Å². The normalized spacial score (nSPS) is 16.7. The van der Waals surface area contributed by atoms with Gasteiger partial charge in [0.15, 0.2) is 11.5 Å². The maximum Gasteiger partial charge on any atom is 0.161 e. The quantitative estimate of drug-likeness (QED) is 0.857. The minimum Gasteiger partial charge on any atom is -0.486 e. The zero-order valence-corrected chi connectivity index (χ0v) is 14.0. The van der Waals surface area contributed by atoms with E-state index in [-0.39, 0.29) is 0 Å². The van der Waals surface area contributed by atoms with E-state index in [2.05, 4.69) is 46.6 Å². The molecule has 126 valence electrons.